The van der Waals surface area contributed by atoms with Crippen LogP contribution in [0.25, 0.3) is 22.2 Å². The largest absolute Gasteiger partial charge is 0.396 e. The van der Waals surface area contributed by atoms with Gasteiger partial charge in [0.1, 0.15) is 17.2 Å². The first-order valence-corrected chi connectivity index (χ1v) is 7.23. The van der Waals surface area contributed by atoms with Crippen molar-refractivity contribution in [3.63, 3.8) is 0 Å². The Morgan fingerprint density at radius 2 is 1.96 bits per heavy atom. The molecular weight excluding hydrogens is 309 g/mol. The second kappa shape index (κ2) is 5.45. The molecule has 0 aliphatic rings. The molecule has 0 aliphatic carbocycles. The van der Waals surface area contributed by atoms with E-state index in [9.17, 15) is 9.18 Å². The van der Waals surface area contributed by atoms with Crippen LogP contribution in [0.3, 0.4) is 0 Å². The number of nitrogens with two attached hydrogens (primary N) is 2. The fourth-order valence-electron chi connectivity index (χ4n) is 2.70. The van der Waals surface area contributed by atoms with Gasteiger partial charge in [-0.1, -0.05) is 6.07 Å². The smallest absolute Gasteiger partial charge is 0.273 e. The molecule has 0 saturated heterocycles. The first-order valence-electron chi connectivity index (χ1n) is 7.23. The number of nitrogens with zero attached hydrogens (tertiary/aromatic N) is 1. The number of benzene rings is 1. The molecule has 6 nitrogen and oxygen atoms in total. The van der Waals surface area contributed by atoms with E-state index in [1.165, 1.54) is 12.1 Å². The summed E-state index contributed by atoms with van der Waals surface area (Å²) in [6.45, 7) is 3.73. The fourth-order valence-corrected chi connectivity index (χ4v) is 2.70. The number of fused-ring (bicyclic) bond motifs is 1. The van der Waals surface area contributed by atoms with Crippen LogP contribution in [0.4, 0.5) is 15.8 Å². The van der Waals surface area contributed by atoms with Gasteiger partial charge in [0.2, 0.25) is 0 Å². The molecule has 0 saturated carbocycles. The number of hydrogen-bond donors (Lipinski definition) is 4. The van der Waals surface area contributed by atoms with Crippen LogP contribution in [0, 0.1) is 25.1 Å². The van der Waals surface area contributed by atoms with Gasteiger partial charge in [0.25, 0.3) is 5.56 Å². The molecule has 0 amide bonds. The summed E-state index contributed by atoms with van der Waals surface area (Å²) in [5, 5.41) is 8.18. The number of anilines is 2. The van der Waals surface area contributed by atoms with Gasteiger partial charge in [-0.3, -0.25) is 4.79 Å². The van der Waals surface area contributed by atoms with Crippen LogP contribution in [0.1, 0.15) is 16.8 Å². The van der Waals surface area contributed by atoms with Crippen LogP contribution in [0.2, 0.25) is 0 Å². The van der Waals surface area contributed by atoms with Crippen LogP contribution in [0.5, 0.6) is 0 Å². The Balaban J connectivity index is 2.53. The lowest BCUT2D eigenvalue weighted by Crippen LogP contribution is -2.15. The second-order valence-corrected chi connectivity index (χ2v) is 5.60. The third kappa shape index (κ3) is 2.21. The highest BCUT2D eigenvalue weighted by molar-refractivity contribution is 6.05. The molecule has 7 heteroatoms. The van der Waals surface area contributed by atoms with E-state index in [1.807, 2.05) is 19.9 Å². The Kier molecular flexibility index (Phi) is 3.56. The number of hydrogen-bond acceptors (Lipinski definition) is 5. The molecule has 3 aromatic rings. The Hall–Kier alpha value is -3.22. The Morgan fingerprint density at radius 3 is 2.62 bits per heavy atom. The van der Waals surface area contributed by atoms with Crippen LogP contribution in [-0.2, 0) is 0 Å². The zero-order chi connectivity index (χ0) is 17.6. The Bertz CT molecular complexity index is 1060. The Labute approximate surface area is 136 Å². The molecule has 6 N–H and O–H groups in total. The van der Waals surface area contributed by atoms with Crippen molar-refractivity contribution in [2.45, 2.75) is 13.8 Å². The van der Waals surface area contributed by atoms with Crippen LogP contribution >= 0.6 is 0 Å². The second-order valence-electron chi connectivity index (χ2n) is 5.60. The molecule has 2 aromatic heterocycles. The fraction of sp³-hybridized carbons (Fsp3) is 0.118. The van der Waals surface area contributed by atoms with Gasteiger partial charge < -0.3 is 21.9 Å². The number of aryl methyl sites for hydroxylation is 2. The molecule has 24 heavy (non-hydrogen) atoms. The summed E-state index contributed by atoms with van der Waals surface area (Å²) >= 11 is 0. The number of halogens is 1. The number of nitrogen functional groups attached to an aromatic ring is 2. The van der Waals surface area contributed by atoms with E-state index in [-0.39, 0.29) is 16.9 Å². The summed E-state index contributed by atoms with van der Waals surface area (Å²) in [5.74, 6) is -0.630. The monoisotopic (exact) mass is 325 g/mol. The number of nitrogens with one attached hydrogen (secondary N) is 2. The highest BCUT2D eigenvalue weighted by atomic mass is 19.1. The molecule has 0 unspecified atom stereocenters. The van der Waals surface area contributed by atoms with Crippen molar-refractivity contribution in [3.8, 4) is 11.1 Å². The van der Waals surface area contributed by atoms with Gasteiger partial charge in [0, 0.05) is 28.4 Å². The van der Waals surface area contributed by atoms with Crippen LogP contribution < -0.4 is 17.0 Å². The van der Waals surface area contributed by atoms with Crippen molar-refractivity contribution in [2.24, 2.45) is 0 Å². The van der Waals surface area contributed by atoms with E-state index in [0.717, 1.165) is 17.5 Å². The number of rotatable bonds is 2. The summed E-state index contributed by atoms with van der Waals surface area (Å²) in [4.78, 5) is 19.2. The van der Waals surface area contributed by atoms with Crippen molar-refractivity contribution < 1.29 is 4.39 Å². The van der Waals surface area contributed by atoms with Crippen molar-refractivity contribution >= 4 is 28.6 Å². The third-order valence-corrected chi connectivity index (χ3v) is 4.13. The zero-order valence-corrected chi connectivity index (χ0v) is 13.2. The molecule has 0 bridgehead atoms. The normalized spacial score (nSPS) is 11.0. The molecule has 122 valence electrons. The molecule has 0 spiro atoms. The van der Waals surface area contributed by atoms with Gasteiger partial charge in [-0.2, -0.15) is 0 Å². The number of H-pyrrole nitrogens is 1. The maximum atomic E-state index is 13.7. The number of aromatic amines is 1. The average Bonchev–Trinajstić information content (AvgIpc) is 2.54. The predicted octanol–water partition coefficient (Wildman–Crippen LogP) is 2.51. The lowest BCUT2D eigenvalue weighted by molar-refractivity contribution is 0.632. The SMILES string of the molecule is Cc1cc2c(-c3ccc(F)c(N)c3C=N)c(N)c(=O)[nH]c2nc1C. The molecule has 0 atom stereocenters. The molecule has 3 rings (SSSR count). The highest BCUT2D eigenvalue weighted by Gasteiger charge is 2.18. The van der Waals surface area contributed by atoms with E-state index in [2.05, 4.69) is 9.97 Å². The predicted molar refractivity (Wildman–Crippen MR) is 93.9 cm³/mol. The minimum absolute atomic E-state index is 0.0262. The highest BCUT2D eigenvalue weighted by Crippen LogP contribution is 2.35. The summed E-state index contributed by atoms with van der Waals surface area (Å²) < 4.78 is 13.7. The maximum Gasteiger partial charge on any atom is 0.273 e. The van der Waals surface area contributed by atoms with Crippen LogP contribution in [-0.4, -0.2) is 16.2 Å². The summed E-state index contributed by atoms with van der Waals surface area (Å²) in [7, 11) is 0. The van der Waals surface area contributed by atoms with Gasteiger partial charge in [-0.25, -0.2) is 9.37 Å². The molecule has 0 fully saturated rings. The molecule has 1 aromatic carbocycles. The lowest BCUT2D eigenvalue weighted by Gasteiger charge is -2.14. The van der Waals surface area contributed by atoms with E-state index in [4.69, 9.17) is 16.9 Å². The Morgan fingerprint density at radius 1 is 1.25 bits per heavy atom. The van der Waals surface area contributed by atoms with E-state index in [1.54, 1.807) is 0 Å². The van der Waals surface area contributed by atoms with Crippen LogP contribution in [0.15, 0.2) is 23.0 Å². The van der Waals surface area contributed by atoms with Crippen molar-refractivity contribution in [1.29, 1.82) is 5.41 Å². The van der Waals surface area contributed by atoms with Crippen molar-refractivity contribution in [1.82, 2.24) is 9.97 Å². The quantitative estimate of drug-likeness (QED) is 0.427. The summed E-state index contributed by atoms with van der Waals surface area (Å²) in [6.07, 6.45) is 0.953. The first kappa shape index (κ1) is 15.7. The number of pyridine rings is 2. The van der Waals surface area contributed by atoms with Gasteiger partial charge in [-0.15, -0.1) is 0 Å². The summed E-state index contributed by atoms with van der Waals surface area (Å²) in [6, 6.07) is 4.51. The molecule has 0 aliphatic heterocycles. The first-order chi connectivity index (χ1) is 11.3. The van der Waals surface area contributed by atoms with Gasteiger partial charge in [-0.05, 0) is 37.1 Å². The van der Waals surface area contributed by atoms with Gasteiger partial charge in [0.05, 0.1) is 5.69 Å². The lowest BCUT2D eigenvalue weighted by atomic mass is 9.94. The standard InChI is InChI=1S/C17H16FN5O/c1-7-5-10-13(9-3-4-12(18)14(20)11(9)6-19)15(21)17(24)23-16(10)22-8(7)2/h3-6,19H,20-21H2,1-2H3,(H,22,23,24). The van der Waals surface area contributed by atoms with E-state index in [0.29, 0.717) is 22.2 Å². The number of aromatic nitrogens is 2. The third-order valence-electron chi connectivity index (χ3n) is 4.13. The molecule has 2 heterocycles. The van der Waals surface area contributed by atoms with Crippen molar-refractivity contribution in [3.05, 3.63) is 51.2 Å². The zero-order valence-electron chi connectivity index (χ0n) is 13.2. The van der Waals surface area contributed by atoms with Gasteiger partial charge >= 0.3 is 0 Å². The minimum Gasteiger partial charge on any atom is -0.396 e. The van der Waals surface area contributed by atoms with Crippen molar-refractivity contribution in [2.75, 3.05) is 11.5 Å². The molecule has 0 radical (unpaired) electrons. The van der Waals surface area contributed by atoms with E-state index < -0.39 is 11.4 Å². The van der Waals surface area contributed by atoms with E-state index >= 15 is 0 Å². The summed E-state index contributed by atoms with van der Waals surface area (Å²) in [5.41, 5.74) is 14.1. The maximum absolute atomic E-state index is 13.7. The molecular formula is C17H16FN5O. The average molecular weight is 325 g/mol. The van der Waals surface area contributed by atoms with Gasteiger partial charge in [0.15, 0.2) is 0 Å². The minimum atomic E-state index is -0.630. The topological polar surface area (TPSA) is 122 Å².